The molecule has 0 unspecified atom stereocenters. The molecule has 0 aliphatic carbocycles. The van der Waals surface area contributed by atoms with Crippen molar-refractivity contribution >= 4 is 35.0 Å². The fourth-order valence-corrected chi connectivity index (χ4v) is 3.62. The van der Waals surface area contributed by atoms with Crippen LogP contribution in [0.1, 0.15) is 47.3 Å². The van der Waals surface area contributed by atoms with Crippen molar-refractivity contribution in [1.29, 1.82) is 0 Å². The number of hydrogen-bond acceptors (Lipinski definition) is 6. The van der Waals surface area contributed by atoms with Crippen molar-refractivity contribution in [3.8, 4) is 0 Å². The zero-order valence-corrected chi connectivity index (χ0v) is 15.1. The van der Waals surface area contributed by atoms with Crippen molar-refractivity contribution in [3.63, 3.8) is 0 Å². The van der Waals surface area contributed by atoms with Crippen LogP contribution in [-0.2, 0) is 0 Å². The summed E-state index contributed by atoms with van der Waals surface area (Å²) in [5, 5.41) is 0. The number of aromatic nitrogens is 2. The molecule has 0 fully saturated rings. The van der Waals surface area contributed by atoms with E-state index >= 15 is 0 Å². The molecule has 2 aliphatic heterocycles. The van der Waals surface area contributed by atoms with Crippen molar-refractivity contribution in [2.45, 2.75) is 6.92 Å². The molecule has 0 saturated carbocycles. The highest BCUT2D eigenvalue weighted by Gasteiger charge is 2.40. The normalized spacial score (nSPS) is 15.2. The number of aryl methyl sites for hydroxylation is 1. The predicted octanol–water partition coefficient (Wildman–Crippen LogP) is 2.39. The molecule has 0 bridgehead atoms. The van der Waals surface area contributed by atoms with E-state index in [1.165, 1.54) is 18.5 Å². The maximum Gasteiger partial charge on any atom is 0.284 e. The van der Waals surface area contributed by atoms with Gasteiger partial charge in [-0.05, 0) is 55.0 Å². The Morgan fingerprint density at radius 2 is 1.24 bits per heavy atom. The van der Waals surface area contributed by atoms with Gasteiger partial charge >= 0.3 is 0 Å². The first-order valence-electron chi connectivity index (χ1n) is 8.77. The molecule has 4 heterocycles. The third-order valence-electron chi connectivity index (χ3n) is 4.97. The molecule has 8 nitrogen and oxygen atoms in total. The van der Waals surface area contributed by atoms with Crippen LogP contribution in [0.4, 0.5) is 11.4 Å². The highest BCUT2D eigenvalue weighted by atomic mass is 16.2. The molecule has 8 heteroatoms. The number of nitrogens with zero attached hydrogens (tertiary/aromatic N) is 4. The Morgan fingerprint density at radius 1 is 0.690 bits per heavy atom. The first-order chi connectivity index (χ1) is 14.0. The first-order valence-corrected chi connectivity index (χ1v) is 8.77. The van der Waals surface area contributed by atoms with Gasteiger partial charge in [-0.25, -0.2) is 9.80 Å². The average Bonchev–Trinajstić information content (AvgIpc) is 3.14. The smallest absolute Gasteiger partial charge is 0.268 e. The van der Waals surface area contributed by atoms with E-state index in [1.54, 1.807) is 43.3 Å². The van der Waals surface area contributed by atoms with E-state index < -0.39 is 23.6 Å². The lowest BCUT2D eigenvalue weighted by Crippen LogP contribution is -2.31. The van der Waals surface area contributed by atoms with Crippen molar-refractivity contribution in [2.75, 3.05) is 9.80 Å². The van der Waals surface area contributed by atoms with E-state index in [0.29, 0.717) is 16.9 Å². The molecule has 29 heavy (non-hydrogen) atoms. The number of pyridine rings is 2. The molecule has 5 rings (SSSR count). The number of imide groups is 2. The number of anilines is 2. The number of hydrogen-bond donors (Lipinski definition) is 0. The maximum atomic E-state index is 12.7. The lowest BCUT2D eigenvalue weighted by atomic mass is 10.1. The van der Waals surface area contributed by atoms with Gasteiger partial charge in [0.15, 0.2) is 0 Å². The monoisotopic (exact) mass is 384 g/mol. The van der Waals surface area contributed by atoms with Gasteiger partial charge in [-0.15, -0.1) is 0 Å². The molecule has 2 aliphatic rings. The molecule has 140 valence electrons. The molecule has 3 aromatic rings. The van der Waals surface area contributed by atoms with Crippen LogP contribution in [0.3, 0.4) is 0 Å². The topological polar surface area (TPSA) is 101 Å². The van der Waals surface area contributed by atoms with Gasteiger partial charge in [0.1, 0.15) is 11.4 Å². The Balaban J connectivity index is 1.53. The highest BCUT2D eigenvalue weighted by molar-refractivity contribution is 6.35. The summed E-state index contributed by atoms with van der Waals surface area (Å²) in [6, 6.07) is 11.0. The van der Waals surface area contributed by atoms with Crippen LogP contribution >= 0.6 is 0 Å². The molecule has 0 spiro atoms. The molecule has 2 aromatic heterocycles. The van der Waals surface area contributed by atoms with Gasteiger partial charge in [-0.2, -0.15) is 0 Å². The highest BCUT2D eigenvalue weighted by Crippen LogP contribution is 2.34. The lowest BCUT2D eigenvalue weighted by Gasteiger charge is -2.19. The van der Waals surface area contributed by atoms with Crippen LogP contribution in [0.25, 0.3) is 0 Å². The van der Waals surface area contributed by atoms with E-state index in [2.05, 4.69) is 9.97 Å². The molecule has 0 saturated heterocycles. The predicted molar refractivity (Wildman–Crippen MR) is 102 cm³/mol. The summed E-state index contributed by atoms with van der Waals surface area (Å²) < 4.78 is 0. The quantitative estimate of drug-likeness (QED) is 0.629. The van der Waals surface area contributed by atoms with Gasteiger partial charge in [0.25, 0.3) is 23.6 Å². The van der Waals surface area contributed by atoms with Gasteiger partial charge in [0, 0.05) is 12.4 Å². The Morgan fingerprint density at radius 3 is 1.79 bits per heavy atom. The molecule has 1 aromatic carbocycles. The second-order valence-electron chi connectivity index (χ2n) is 6.66. The second-order valence-corrected chi connectivity index (χ2v) is 6.66. The third-order valence-corrected chi connectivity index (χ3v) is 4.97. The largest absolute Gasteiger partial charge is 0.284 e. The summed E-state index contributed by atoms with van der Waals surface area (Å²) in [5.41, 5.74) is 1.96. The Labute approximate surface area is 164 Å². The van der Waals surface area contributed by atoms with E-state index in [4.69, 9.17) is 0 Å². The summed E-state index contributed by atoms with van der Waals surface area (Å²) in [6.45, 7) is 1.70. The van der Waals surface area contributed by atoms with Crippen LogP contribution in [-0.4, -0.2) is 33.6 Å². The summed E-state index contributed by atoms with van der Waals surface area (Å²) in [4.78, 5) is 60.7. The second kappa shape index (κ2) is 5.90. The summed E-state index contributed by atoms with van der Waals surface area (Å²) in [5.74, 6) is -1.94. The van der Waals surface area contributed by atoms with E-state index in [1.807, 2.05) is 0 Å². The number of rotatable bonds is 2. The minimum Gasteiger partial charge on any atom is -0.268 e. The number of fused-ring (bicyclic) bond motifs is 2. The zero-order valence-electron chi connectivity index (χ0n) is 15.1. The van der Waals surface area contributed by atoms with Crippen molar-refractivity contribution in [2.24, 2.45) is 0 Å². The van der Waals surface area contributed by atoms with Crippen LogP contribution in [0.5, 0.6) is 0 Å². The first kappa shape index (κ1) is 16.9. The van der Waals surface area contributed by atoms with E-state index in [9.17, 15) is 19.2 Å². The molecule has 0 atom stereocenters. The molecule has 0 radical (unpaired) electrons. The Kier molecular flexibility index (Phi) is 3.44. The van der Waals surface area contributed by atoms with Gasteiger partial charge in [0.2, 0.25) is 0 Å². The van der Waals surface area contributed by atoms with Gasteiger partial charge < -0.3 is 0 Å². The number of benzene rings is 1. The minimum atomic E-state index is -0.511. The minimum absolute atomic E-state index is 0.102. The zero-order chi connectivity index (χ0) is 20.3. The SMILES string of the molecule is Cc1cc(N2C(=O)c3cccnc3C2=O)ccc1N1C(=O)c2cccnc2C1=O. The summed E-state index contributed by atoms with van der Waals surface area (Å²) in [6.07, 6.45) is 2.91. The third kappa shape index (κ3) is 2.26. The molecular weight excluding hydrogens is 372 g/mol. The lowest BCUT2D eigenvalue weighted by molar-refractivity contribution is 0.0908. The number of carbonyl (C=O) groups is 4. The Bertz CT molecular complexity index is 1200. The molecular formula is C21H12N4O4. The van der Waals surface area contributed by atoms with Gasteiger partial charge in [0.05, 0.1) is 22.5 Å². The maximum absolute atomic E-state index is 12.7. The molecule has 4 amide bonds. The fraction of sp³-hybridized carbons (Fsp3) is 0.0476. The fourth-order valence-electron chi connectivity index (χ4n) is 3.62. The molecule has 0 N–H and O–H groups in total. The summed E-state index contributed by atoms with van der Waals surface area (Å²) >= 11 is 0. The number of amides is 4. The van der Waals surface area contributed by atoms with Crippen LogP contribution in [0.15, 0.2) is 54.9 Å². The van der Waals surface area contributed by atoms with Crippen molar-refractivity contribution in [3.05, 3.63) is 82.9 Å². The van der Waals surface area contributed by atoms with Crippen molar-refractivity contribution in [1.82, 2.24) is 9.97 Å². The van der Waals surface area contributed by atoms with Crippen molar-refractivity contribution < 1.29 is 19.2 Å². The van der Waals surface area contributed by atoms with Gasteiger partial charge in [-0.1, -0.05) is 0 Å². The van der Waals surface area contributed by atoms with Crippen LogP contribution in [0.2, 0.25) is 0 Å². The van der Waals surface area contributed by atoms with Gasteiger partial charge in [-0.3, -0.25) is 29.1 Å². The van der Waals surface area contributed by atoms with E-state index in [0.717, 1.165) is 9.80 Å². The number of carbonyl (C=O) groups excluding carboxylic acids is 4. The Hall–Kier alpha value is -4.20. The van der Waals surface area contributed by atoms with E-state index in [-0.39, 0.29) is 22.5 Å². The van der Waals surface area contributed by atoms with Crippen LogP contribution in [0, 0.1) is 6.92 Å². The standard InChI is InChI=1S/C21H12N4O4/c1-11-10-12(24-18(26)13-4-2-8-22-16(13)20(24)28)6-7-15(11)25-19(27)14-5-3-9-23-17(14)21(25)29/h2-10H,1H3. The van der Waals surface area contributed by atoms with Crippen LogP contribution < -0.4 is 9.80 Å². The summed E-state index contributed by atoms with van der Waals surface area (Å²) in [7, 11) is 0. The average molecular weight is 384 g/mol.